The highest BCUT2D eigenvalue weighted by Gasteiger charge is 2.06. The zero-order valence-corrected chi connectivity index (χ0v) is 11.5. The Kier molecular flexibility index (Phi) is 4.89. The van der Waals surface area contributed by atoms with Crippen LogP contribution in [0.2, 0.25) is 0 Å². The predicted octanol–water partition coefficient (Wildman–Crippen LogP) is 3.45. The van der Waals surface area contributed by atoms with Crippen LogP contribution in [-0.2, 0) is 0 Å². The first-order valence-corrected chi connectivity index (χ1v) is 6.28. The topological polar surface area (TPSA) is 16.1 Å². The predicted molar refractivity (Wildman–Crippen MR) is 68.2 cm³/mol. The average Bonchev–Trinajstić information content (AvgIpc) is 2.15. The number of hydrogen-bond acceptors (Lipinski definition) is 2. The summed E-state index contributed by atoms with van der Waals surface area (Å²) in [5.74, 6) is 1.00. The van der Waals surface area contributed by atoms with Gasteiger partial charge >= 0.3 is 0 Å². The van der Waals surface area contributed by atoms with Crippen molar-refractivity contribution < 1.29 is 0 Å². The number of nitrogens with zero attached hydrogens (tertiary/aromatic N) is 2. The van der Waals surface area contributed by atoms with E-state index in [-0.39, 0.29) is 0 Å². The van der Waals surface area contributed by atoms with Crippen molar-refractivity contribution in [2.45, 2.75) is 18.2 Å². The number of alkyl halides is 1. The number of aromatic nitrogens is 1. The normalized spacial score (nSPS) is 12.6. The number of halogens is 2. The van der Waals surface area contributed by atoms with Gasteiger partial charge in [0.15, 0.2) is 0 Å². The SMILES string of the molecule is CC(Br)CCN(C)c1ncccc1Br. The molecule has 4 heteroatoms. The van der Waals surface area contributed by atoms with Gasteiger partial charge in [-0.1, -0.05) is 22.9 Å². The monoisotopic (exact) mass is 320 g/mol. The molecular formula is C10H14Br2N2. The van der Waals surface area contributed by atoms with Gasteiger partial charge in [-0.05, 0) is 34.5 Å². The molecule has 1 atom stereocenters. The summed E-state index contributed by atoms with van der Waals surface area (Å²) < 4.78 is 1.05. The van der Waals surface area contributed by atoms with Crippen LogP contribution in [-0.4, -0.2) is 23.4 Å². The molecule has 0 aliphatic heterocycles. The second kappa shape index (κ2) is 5.71. The third-order valence-corrected chi connectivity index (χ3v) is 3.04. The van der Waals surface area contributed by atoms with Gasteiger partial charge in [-0.3, -0.25) is 0 Å². The maximum absolute atomic E-state index is 4.32. The van der Waals surface area contributed by atoms with E-state index in [4.69, 9.17) is 0 Å². The highest BCUT2D eigenvalue weighted by Crippen LogP contribution is 2.22. The first kappa shape index (κ1) is 12.0. The minimum atomic E-state index is 0.549. The van der Waals surface area contributed by atoms with Crippen LogP contribution in [0, 0.1) is 0 Å². The molecule has 0 fully saturated rings. The molecule has 0 saturated carbocycles. The van der Waals surface area contributed by atoms with Gasteiger partial charge in [0, 0.05) is 24.6 Å². The van der Waals surface area contributed by atoms with Crippen LogP contribution in [0.3, 0.4) is 0 Å². The summed E-state index contributed by atoms with van der Waals surface area (Å²) in [6.45, 7) is 3.16. The van der Waals surface area contributed by atoms with Crippen molar-refractivity contribution in [2.75, 3.05) is 18.5 Å². The second-order valence-electron chi connectivity index (χ2n) is 3.30. The Morgan fingerprint density at radius 2 is 2.29 bits per heavy atom. The molecule has 1 heterocycles. The molecule has 0 aromatic carbocycles. The second-order valence-corrected chi connectivity index (χ2v) is 5.72. The molecule has 0 aliphatic carbocycles. The molecule has 2 nitrogen and oxygen atoms in total. The Bertz CT molecular complexity index is 289. The molecule has 1 unspecified atom stereocenters. The van der Waals surface area contributed by atoms with Crippen LogP contribution in [0.4, 0.5) is 5.82 Å². The van der Waals surface area contributed by atoms with E-state index in [1.807, 2.05) is 18.3 Å². The largest absolute Gasteiger partial charge is 0.359 e. The van der Waals surface area contributed by atoms with E-state index in [2.05, 4.69) is 55.7 Å². The molecule has 0 spiro atoms. The van der Waals surface area contributed by atoms with E-state index in [9.17, 15) is 0 Å². The van der Waals surface area contributed by atoms with E-state index >= 15 is 0 Å². The minimum Gasteiger partial charge on any atom is -0.359 e. The quantitative estimate of drug-likeness (QED) is 0.790. The van der Waals surface area contributed by atoms with Gasteiger partial charge in [-0.2, -0.15) is 0 Å². The Balaban J connectivity index is 2.60. The highest BCUT2D eigenvalue weighted by atomic mass is 79.9. The molecule has 1 aromatic heterocycles. The van der Waals surface area contributed by atoms with Crippen molar-refractivity contribution in [2.24, 2.45) is 0 Å². The van der Waals surface area contributed by atoms with Crippen LogP contribution in [0.1, 0.15) is 13.3 Å². The van der Waals surface area contributed by atoms with Crippen molar-refractivity contribution in [1.29, 1.82) is 0 Å². The number of pyridine rings is 1. The summed E-state index contributed by atoms with van der Waals surface area (Å²) >= 11 is 7.02. The molecule has 14 heavy (non-hydrogen) atoms. The average molecular weight is 322 g/mol. The number of rotatable bonds is 4. The molecule has 0 aliphatic rings. The highest BCUT2D eigenvalue weighted by molar-refractivity contribution is 9.10. The Morgan fingerprint density at radius 3 is 2.86 bits per heavy atom. The molecule has 0 N–H and O–H groups in total. The van der Waals surface area contributed by atoms with E-state index in [1.54, 1.807) is 0 Å². The summed E-state index contributed by atoms with van der Waals surface area (Å²) in [4.78, 5) is 7.02. The van der Waals surface area contributed by atoms with Crippen LogP contribution < -0.4 is 4.90 Å². The molecule has 0 bridgehead atoms. The van der Waals surface area contributed by atoms with Gasteiger partial charge in [-0.25, -0.2) is 4.98 Å². The van der Waals surface area contributed by atoms with Crippen molar-refractivity contribution in [3.05, 3.63) is 22.8 Å². The lowest BCUT2D eigenvalue weighted by Gasteiger charge is -2.19. The van der Waals surface area contributed by atoms with E-state index < -0.39 is 0 Å². The first-order valence-electron chi connectivity index (χ1n) is 4.57. The summed E-state index contributed by atoms with van der Waals surface area (Å²) in [7, 11) is 2.06. The Hall–Kier alpha value is -0.0900. The first-order chi connectivity index (χ1) is 6.61. The smallest absolute Gasteiger partial charge is 0.142 e. The standard InChI is InChI=1S/C10H14Br2N2/c1-8(11)5-7-14(2)10-9(12)4-3-6-13-10/h3-4,6,8H,5,7H2,1-2H3. The van der Waals surface area contributed by atoms with E-state index in [0.29, 0.717) is 4.83 Å². The van der Waals surface area contributed by atoms with Gasteiger partial charge in [0.05, 0.1) is 4.47 Å². The fourth-order valence-electron chi connectivity index (χ4n) is 1.14. The van der Waals surface area contributed by atoms with Crippen molar-refractivity contribution >= 4 is 37.7 Å². The maximum atomic E-state index is 4.32. The van der Waals surface area contributed by atoms with Crippen molar-refractivity contribution in [3.8, 4) is 0 Å². The molecular weight excluding hydrogens is 308 g/mol. The summed E-state index contributed by atoms with van der Waals surface area (Å²) in [5, 5.41) is 0. The Labute approximate surface area is 102 Å². The van der Waals surface area contributed by atoms with E-state index in [1.165, 1.54) is 0 Å². The van der Waals surface area contributed by atoms with Crippen molar-refractivity contribution in [1.82, 2.24) is 4.98 Å². The molecule has 78 valence electrons. The van der Waals surface area contributed by atoms with Crippen LogP contribution >= 0.6 is 31.9 Å². The fourth-order valence-corrected chi connectivity index (χ4v) is 1.90. The lowest BCUT2D eigenvalue weighted by molar-refractivity contribution is 0.777. The van der Waals surface area contributed by atoms with Crippen LogP contribution in [0.25, 0.3) is 0 Å². The zero-order valence-electron chi connectivity index (χ0n) is 8.37. The van der Waals surface area contributed by atoms with Crippen molar-refractivity contribution in [3.63, 3.8) is 0 Å². The minimum absolute atomic E-state index is 0.549. The summed E-state index contributed by atoms with van der Waals surface area (Å²) in [6, 6.07) is 3.94. The van der Waals surface area contributed by atoms with Gasteiger partial charge in [0.25, 0.3) is 0 Å². The zero-order chi connectivity index (χ0) is 10.6. The third kappa shape index (κ3) is 3.58. The third-order valence-electron chi connectivity index (χ3n) is 1.96. The van der Waals surface area contributed by atoms with E-state index in [0.717, 1.165) is 23.3 Å². The number of anilines is 1. The molecule has 0 radical (unpaired) electrons. The van der Waals surface area contributed by atoms with Gasteiger partial charge in [-0.15, -0.1) is 0 Å². The van der Waals surface area contributed by atoms with Gasteiger partial charge in [0.2, 0.25) is 0 Å². The molecule has 1 rings (SSSR count). The molecule has 0 saturated heterocycles. The summed E-state index contributed by atoms with van der Waals surface area (Å²) in [6.07, 6.45) is 2.92. The van der Waals surface area contributed by atoms with Gasteiger partial charge < -0.3 is 4.90 Å². The Morgan fingerprint density at radius 1 is 1.57 bits per heavy atom. The lowest BCUT2D eigenvalue weighted by Crippen LogP contribution is -2.21. The maximum Gasteiger partial charge on any atom is 0.142 e. The fraction of sp³-hybridized carbons (Fsp3) is 0.500. The summed E-state index contributed by atoms with van der Waals surface area (Å²) in [5.41, 5.74) is 0. The lowest BCUT2D eigenvalue weighted by atomic mass is 10.3. The van der Waals surface area contributed by atoms with Gasteiger partial charge in [0.1, 0.15) is 5.82 Å². The number of hydrogen-bond donors (Lipinski definition) is 0. The van der Waals surface area contributed by atoms with Crippen LogP contribution in [0.15, 0.2) is 22.8 Å². The molecule has 1 aromatic rings. The van der Waals surface area contributed by atoms with Crippen LogP contribution in [0.5, 0.6) is 0 Å². The molecule has 0 amide bonds.